The Morgan fingerprint density at radius 1 is 1.00 bits per heavy atom. The van der Waals surface area contributed by atoms with E-state index >= 15 is 0 Å². The minimum Gasteiger partial charge on any atom is -0.493 e. The molecule has 0 radical (unpaired) electrons. The van der Waals surface area contributed by atoms with Gasteiger partial charge in [0.2, 0.25) is 5.76 Å². The van der Waals surface area contributed by atoms with Gasteiger partial charge in [-0.05, 0) is 49.8 Å². The van der Waals surface area contributed by atoms with Crippen molar-refractivity contribution in [2.24, 2.45) is 0 Å². The summed E-state index contributed by atoms with van der Waals surface area (Å²) in [6.07, 6.45) is 0. The van der Waals surface area contributed by atoms with E-state index in [-0.39, 0.29) is 17.1 Å². The normalized spacial score (nSPS) is 15.4. The third-order valence-electron chi connectivity index (χ3n) is 6.40. The summed E-state index contributed by atoms with van der Waals surface area (Å²) >= 11 is 0. The Bertz CT molecular complexity index is 1250. The van der Waals surface area contributed by atoms with Gasteiger partial charge in [-0.2, -0.15) is 0 Å². The summed E-state index contributed by atoms with van der Waals surface area (Å²) < 4.78 is 16.9. The highest BCUT2D eigenvalue weighted by atomic mass is 16.5. The fourth-order valence-corrected chi connectivity index (χ4v) is 4.52. The number of fused-ring (bicyclic) bond motifs is 2. The lowest BCUT2D eigenvalue weighted by atomic mass is 9.97. The molecular weight excluding hydrogens is 420 g/mol. The molecular formula is C26H30N2O5. The van der Waals surface area contributed by atoms with Gasteiger partial charge in [-0.1, -0.05) is 31.5 Å². The Kier molecular flexibility index (Phi) is 6.42. The molecule has 0 saturated carbocycles. The first-order valence-corrected chi connectivity index (χ1v) is 11.3. The van der Waals surface area contributed by atoms with Crippen molar-refractivity contribution in [2.45, 2.75) is 26.8 Å². The topological polar surface area (TPSA) is 72.2 Å². The van der Waals surface area contributed by atoms with Crippen LogP contribution in [0.3, 0.4) is 0 Å². The number of nitrogens with zero attached hydrogens (tertiary/aromatic N) is 2. The fourth-order valence-electron chi connectivity index (χ4n) is 4.52. The third kappa shape index (κ3) is 3.97. The van der Waals surface area contributed by atoms with Crippen LogP contribution < -0.4 is 14.9 Å². The van der Waals surface area contributed by atoms with Crippen LogP contribution in [0, 0.1) is 6.92 Å². The van der Waals surface area contributed by atoms with E-state index < -0.39 is 6.04 Å². The average molecular weight is 451 g/mol. The number of ether oxygens (including phenoxy) is 2. The molecule has 1 amide bonds. The Morgan fingerprint density at radius 3 is 2.39 bits per heavy atom. The highest BCUT2D eigenvalue weighted by Crippen LogP contribution is 2.40. The molecule has 33 heavy (non-hydrogen) atoms. The molecule has 7 nitrogen and oxygen atoms in total. The Balaban J connectivity index is 1.90. The average Bonchev–Trinajstić information content (AvgIpc) is 3.11. The number of hydrogen-bond donors (Lipinski definition) is 0. The SMILES string of the molecule is CCN(CC)CCN1C(=O)c2oc3ccc(C)cc3c(=O)c2[C@H]1c1ccc(OC)c(OC)c1. The quantitative estimate of drug-likeness (QED) is 0.517. The van der Waals surface area contributed by atoms with E-state index in [9.17, 15) is 9.59 Å². The zero-order chi connectivity index (χ0) is 23.7. The smallest absolute Gasteiger partial charge is 0.290 e. The summed E-state index contributed by atoms with van der Waals surface area (Å²) in [5, 5.41) is 0.484. The van der Waals surface area contributed by atoms with Crippen LogP contribution >= 0.6 is 0 Å². The molecule has 0 N–H and O–H groups in total. The molecule has 7 heteroatoms. The highest BCUT2D eigenvalue weighted by Gasteiger charge is 2.42. The molecule has 174 valence electrons. The molecule has 1 aliphatic heterocycles. The first kappa shape index (κ1) is 22.9. The zero-order valence-electron chi connectivity index (χ0n) is 19.8. The maximum atomic E-state index is 13.7. The number of carbonyl (C=O) groups is 1. The van der Waals surface area contributed by atoms with Crippen LogP contribution in [0.2, 0.25) is 0 Å². The molecule has 0 bridgehead atoms. The van der Waals surface area contributed by atoms with Gasteiger partial charge in [0.25, 0.3) is 5.91 Å². The molecule has 1 aromatic heterocycles. The van der Waals surface area contributed by atoms with Gasteiger partial charge >= 0.3 is 0 Å². The van der Waals surface area contributed by atoms with Gasteiger partial charge in [-0.15, -0.1) is 0 Å². The number of methoxy groups -OCH3 is 2. The maximum Gasteiger partial charge on any atom is 0.290 e. The lowest BCUT2D eigenvalue weighted by molar-refractivity contribution is 0.0708. The molecule has 0 aliphatic carbocycles. The molecule has 2 heterocycles. The second-order valence-corrected chi connectivity index (χ2v) is 8.22. The van der Waals surface area contributed by atoms with Crippen molar-refractivity contribution in [1.82, 2.24) is 9.80 Å². The van der Waals surface area contributed by atoms with Crippen LogP contribution in [0.1, 0.15) is 47.1 Å². The molecule has 1 atom stereocenters. The maximum absolute atomic E-state index is 13.7. The van der Waals surface area contributed by atoms with Gasteiger partial charge in [0.1, 0.15) is 5.58 Å². The Morgan fingerprint density at radius 2 is 1.73 bits per heavy atom. The van der Waals surface area contributed by atoms with Crippen molar-refractivity contribution < 1.29 is 18.7 Å². The summed E-state index contributed by atoms with van der Waals surface area (Å²) in [7, 11) is 3.14. The molecule has 4 rings (SSSR count). The van der Waals surface area contributed by atoms with Crippen LogP contribution in [0.15, 0.2) is 45.6 Å². The van der Waals surface area contributed by atoms with E-state index in [4.69, 9.17) is 13.9 Å². The van der Waals surface area contributed by atoms with Crippen LogP contribution in [0.25, 0.3) is 11.0 Å². The van der Waals surface area contributed by atoms with Crippen LogP contribution in [0.4, 0.5) is 0 Å². The number of amides is 1. The summed E-state index contributed by atoms with van der Waals surface area (Å²) in [6, 6.07) is 10.4. The second-order valence-electron chi connectivity index (χ2n) is 8.22. The molecule has 1 aliphatic rings. The highest BCUT2D eigenvalue weighted by molar-refractivity contribution is 5.99. The number of hydrogen-bond acceptors (Lipinski definition) is 6. The number of rotatable bonds is 8. The molecule has 0 fully saturated rings. The third-order valence-corrected chi connectivity index (χ3v) is 6.40. The van der Waals surface area contributed by atoms with Crippen molar-refractivity contribution in [2.75, 3.05) is 40.4 Å². The van der Waals surface area contributed by atoms with Crippen molar-refractivity contribution in [3.05, 3.63) is 69.1 Å². The number of aryl methyl sites for hydroxylation is 1. The molecule has 0 unspecified atom stereocenters. The largest absolute Gasteiger partial charge is 0.493 e. The zero-order valence-corrected chi connectivity index (χ0v) is 19.8. The lowest BCUT2D eigenvalue weighted by Gasteiger charge is -2.28. The monoisotopic (exact) mass is 450 g/mol. The van der Waals surface area contributed by atoms with E-state index in [1.165, 1.54) is 0 Å². The van der Waals surface area contributed by atoms with Gasteiger partial charge in [0.15, 0.2) is 16.9 Å². The van der Waals surface area contributed by atoms with E-state index in [1.807, 2.05) is 31.2 Å². The van der Waals surface area contributed by atoms with Crippen LogP contribution in [-0.4, -0.2) is 56.1 Å². The van der Waals surface area contributed by atoms with E-state index in [0.29, 0.717) is 41.1 Å². The van der Waals surface area contributed by atoms with Gasteiger partial charge in [0.05, 0.1) is 31.2 Å². The molecule has 0 saturated heterocycles. The molecule has 0 spiro atoms. The van der Waals surface area contributed by atoms with Gasteiger partial charge < -0.3 is 23.7 Å². The van der Waals surface area contributed by atoms with Gasteiger partial charge in [-0.3, -0.25) is 9.59 Å². The van der Waals surface area contributed by atoms with Crippen molar-refractivity contribution in [1.29, 1.82) is 0 Å². The number of likely N-dealkylation sites (N-methyl/N-ethyl adjacent to an activating group) is 1. The summed E-state index contributed by atoms with van der Waals surface area (Å²) in [6.45, 7) is 9.05. The lowest BCUT2D eigenvalue weighted by Crippen LogP contribution is -2.37. The summed E-state index contributed by atoms with van der Waals surface area (Å²) in [4.78, 5) is 31.2. The van der Waals surface area contributed by atoms with Crippen molar-refractivity contribution in [3.8, 4) is 11.5 Å². The predicted octanol–water partition coefficient (Wildman–Crippen LogP) is 4.01. The summed E-state index contributed by atoms with van der Waals surface area (Å²) in [5.41, 5.74) is 2.37. The fraction of sp³-hybridized carbons (Fsp3) is 0.385. The van der Waals surface area contributed by atoms with E-state index in [1.54, 1.807) is 31.3 Å². The molecule has 3 aromatic rings. The van der Waals surface area contributed by atoms with Crippen molar-refractivity contribution in [3.63, 3.8) is 0 Å². The van der Waals surface area contributed by atoms with E-state index in [2.05, 4.69) is 18.7 Å². The van der Waals surface area contributed by atoms with Gasteiger partial charge in [-0.25, -0.2) is 0 Å². The van der Waals surface area contributed by atoms with Crippen LogP contribution in [-0.2, 0) is 0 Å². The minimum absolute atomic E-state index is 0.121. The number of carbonyl (C=O) groups excluding carboxylic acids is 1. The first-order chi connectivity index (χ1) is 15.9. The Labute approximate surface area is 193 Å². The predicted molar refractivity (Wildman–Crippen MR) is 127 cm³/mol. The van der Waals surface area contributed by atoms with Gasteiger partial charge in [0, 0.05) is 13.1 Å². The second kappa shape index (κ2) is 9.27. The van der Waals surface area contributed by atoms with Crippen LogP contribution in [0.5, 0.6) is 11.5 Å². The van der Waals surface area contributed by atoms with Crippen molar-refractivity contribution >= 4 is 16.9 Å². The summed E-state index contributed by atoms with van der Waals surface area (Å²) in [5.74, 6) is 0.981. The first-order valence-electron chi connectivity index (χ1n) is 11.3. The van der Waals surface area contributed by atoms with E-state index in [0.717, 1.165) is 24.2 Å². The Hall–Kier alpha value is -3.32. The number of benzene rings is 2. The molecule has 2 aromatic carbocycles. The minimum atomic E-state index is -0.566. The standard InChI is InChI=1S/C26H30N2O5/c1-6-27(7-2)12-13-28-23(17-9-11-20(31-4)21(15-17)32-5)22-24(29)18-14-16(3)8-10-19(18)33-25(22)26(28)30/h8-11,14-15,23H,6-7,12-13H2,1-5H3/t23-/m1/s1.